The van der Waals surface area contributed by atoms with Crippen LogP contribution in [-0.2, 0) is 17.8 Å². The number of nitrogens with one attached hydrogen (secondary N) is 2. The highest BCUT2D eigenvalue weighted by Crippen LogP contribution is 2.11. The molecule has 2 heterocycles. The fourth-order valence-electron chi connectivity index (χ4n) is 2.12. The number of guanidine groups is 1. The van der Waals surface area contributed by atoms with Crippen LogP contribution >= 0.6 is 0 Å². The number of nitrogens with two attached hydrogens (primary N) is 2. The molecule has 2 aromatic heterocycles. The standard InChI is InChI=1S/C14H21N7O2/c1-2-10-6-9-7-21(14(23)20-12(9)19-10)8-11(22)17-4-3-5-18-13(15)16/h6-7H,2-5,8H2,1H3,(H,17,22)(H4,15,16,18)(H,19,20,23). The van der Waals surface area contributed by atoms with Crippen molar-refractivity contribution in [3.8, 4) is 0 Å². The second kappa shape index (κ2) is 7.43. The maximum absolute atomic E-state index is 11.9. The average molecular weight is 319 g/mol. The Kier molecular flexibility index (Phi) is 5.34. The third kappa shape index (κ3) is 4.56. The van der Waals surface area contributed by atoms with Crippen LogP contribution in [0.15, 0.2) is 22.1 Å². The Labute approximate surface area is 132 Å². The van der Waals surface area contributed by atoms with E-state index in [1.807, 2.05) is 13.0 Å². The Morgan fingerprint density at radius 2 is 2.26 bits per heavy atom. The van der Waals surface area contributed by atoms with Crippen molar-refractivity contribution >= 4 is 22.9 Å². The minimum Gasteiger partial charge on any atom is -0.370 e. The Morgan fingerprint density at radius 1 is 1.48 bits per heavy atom. The summed E-state index contributed by atoms with van der Waals surface area (Å²) in [7, 11) is 0. The van der Waals surface area contributed by atoms with Crippen molar-refractivity contribution in [1.29, 1.82) is 0 Å². The molecule has 0 aliphatic heterocycles. The molecule has 0 radical (unpaired) electrons. The zero-order valence-corrected chi connectivity index (χ0v) is 13.0. The molecule has 0 fully saturated rings. The lowest BCUT2D eigenvalue weighted by atomic mass is 10.3. The van der Waals surface area contributed by atoms with Crippen LogP contribution in [-0.4, -0.2) is 39.5 Å². The summed E-state index contributed by atoms with van der Waals surface area (Å²) in [5, 5.41) is 3.52. The highest BCUT2D eigenvalue weighted by Gasteiger charge is 2.08. The summed E-state index contributed by atoms with van der Waals surface area (Å²) in [5.74, 6) is -0.232. The van der Waals surface area contributed by atoms with E-state index in [2.05, 4.69) is 20.3 Å². The van der Waals surface area contributed by atoms with Crippen molar-refractivity contribution in [2.75, 3.05) is 13.1 Å². The fraction of sp³-hybridized carbons (Fsp3) is 0.429. The van der Waals surface area contributed by atoms with Crippen molar-refractivity contribution < 1.29 is 4.79 Å². The Bertz CT molecular complexity index is 771. The number of nitrogens with zero attached hydrogens (tertiary/aromatic N) is 3. The number of amides is 1. The number of carbonyl (C=O) groups excluding carboxylic acids is 1. The molecule has 124 valence electrons. The lowest BCUT2D eigenvalue weighted by Gasteiger charge is -2.06. The van der Waals surface area contributed by atoms with Gasteiger partial charge in [-0.1, -0.05) is 6.92 Å². The van der Waals surface area contributed by atoms with Crippen molar-refractivity contribution in [3.05, 3.63) is 28.4 Å². The van der Waals surface area contributed by atoms with Gasteiger partial charge in [0.05, 0.1) is 0 Å². The van der Waals surface area contributed by atoms with Crippen LogP contribution in [0, 0.1) is 0 Å². The van der Waals surface area contributed by atoms with Crippen LogP contribution in [0.25, 0.3) is 11.0 Å². The van der Waals surface area contributed by atoms with Crippen molar-refractivity contribution in [2.24, 2.45) is 16.5 Å². The van der Waals surface area contributed by atoms with Crippen LogP contribution in [0.4, 0.5) is 0 Å². The number of rotatable bonds is 7. The highest BCUT2D eigenvalue weighted by atomic mass is 16.2. The largest absolute Gasteiger partial charge is 0.370 e. The molecule has 2 aromatic rings. The minimum absolute atomic E-state index is 0.0280. The molecule has 0 aromatic carbocycles. The molecule has 9 heteroatoms. The van der Waals surface area contributed by atoms with Crippen LogP contribution < -0.4 is 22.5 Å². The monoisotopic (exact) mass is 319 g/mol. The first kappa shape index (κ1) is 16.5. The second-order valence-electron chi connectivity index (χ2n) is 5.11. The molecule has 2 rings (SSSR count). The lowest BCUT2D eigenvalue weighted by Crippen LogP contribution is -2.33. The number of H-pyrrole nitrogens is 1. The van der Waals surface area contributed by atoms with E-state index in [4.69, 9.17) is 11.5 Å². The average Bonchev–Trinajstić information content (AvgIpc) is 2.88. The normalized spacial score (nSPS) is 10.7. The van der Waals surface area contributed by atoms with Gasteiger partial charge in [0.2, 0.25) is 5.91 Å². The first-order valence-corrected chi connectivity index (χ1v) is 7.40. The van der Waals surface area contributed by atoms with Gasteiger partial charge in [-0.3, -0.25) is 14.4 Å². The summed E-state index contributed by atoms with van der Waals surface area (Å²) in [6.45, 7) is 2.81. The molecule has 9 nitrogen and oxygen atoms in total. The molecule has 23 heavy (non-hydrogen) atoms. The molecule has 0 aliphatic carbocycles. The minimum atomic E-state index is -0.461. The molecule has 0 unspecified atom stereocenters. The van der Waals surface area contributed by atoms with Crippen LogP contribution in [0.2, 0.25) is 0 Å². The Balaban J connectivity index is 1.95. The lowest BCUT2D eigenvalue weighted by molar-refractivity contribution is -0.121. The van der Waals surface area contributed by atoms with E-state index < -0.39 is 5.69 Å². The zero-order valence-electron chi connectivity index (χ0n) is 13.0. The molecule has 1 amide bonds. The van der Waals surface area contributed by atoms with Crippen molar-refractivity contribution in [1.82, 2.24) is 19.9 Å². The van der Waals surface area contributed by atoms with Gasteiger partial charge >= 0.3 is 5.69 Å². The predicted octanol–water partition coefficient (Wildman–Crippen LogP) is -0.933. The van der Waals surface area contributed by atoms with E-state index in [-0.39, 0.29) is 18.4 Å². The predicted molar refractivity (Wildman–Crippen MR) is 88.0 cm³/mol. The summed E-state index contributed by atoms with van der Waals surface area (Å²) < 4.78 is 1.29. The highest BCUT2D eigenvalue weighted by molar-refractivity contribution is 5.78. The van der Waals surface area contributed by atoms with Gasteiger partial charge in [0.1, 0.15) is 12.2 Å². The number of aryl methyl sites for hydroxylation is 1. The summed E-state index contributed by atoms with van der Waals surface area (Å²) in [6.07, 6.45) is 3.08. The number of aromatic amines is 1. The number of hydrogen-bond acceptors (Lipinski definition) is 4. The van der Waals surface area contributed by atoms with Gasteiger partial charge in [-0.2, -0.15) is 4.98 Å². The van der Waals surface area contributed by atoms with E-state index in [0.717, 1.165) is 17.5 Å². The number of carbonyl (C=O) groups is 1. The molecule has 0 atom stereocenters. The van der Waals surface area contributed by atoms with Crippen LogP contribution in [0.5, 0.6) is 0 Å². The molecule has 0 aliphatic rings. The molecule has 0 saturated carbocycles. The van der Waals surface area contributed by atoms with Gasteiger partial charge in [0.15, 0.2) is 5.96 Å². The summed E-state index contributed by atoms with van der Waals surface area (Å²) >= 11 is 0. The van der Waals surface area contributed by atoms with Gasteiger partial charge in [-0.25, -0.2) is 4.79 Å². The van der Waals surface area contributed by atoms with Gasteiger partial charge in [0, 0.05) is 30.4 Å². The van der Waals surface area contributed by atoms with Gasteiger partial charge in [-0.15, -0.1) is 0 Å². The quantitative estimate of drug-likeness (QED) is 0.296. The first-order chi connectivity index (χ1) is 11.0. The Hall–Kier alpha value is -2.84. The summed E-state index contributed by atoms with van der Waals surface area (Å²) in [5.41, 5.74) is 11.5. The van der Waals surface area contributed by atoms with E-state index in [1.54, 1.807) is 6.20 Å². The molecule has 0 bridgehead atoms. The number of hydrogen-bond donors (Lipinski definition) is 4. The zero-order chi connectivity index (χ0) is 16.8. The van der Waals surface area contributed by atoms with Gasteiger partial charge in [0.25, 0.3) is 0 Å². The van der Waals surface area contributed by atoms with E-state index in [0.29, 0.717) is 25.2 Å². The topological polar surface area (TPSA) is 144 Å². The van der Waals surface area contributed by atoms with Crippen molar-refractivity contribution in [2.45, 2.75) is 26.3 Å². The van der Waals surface area contributed by atoms with E-state index >= 15 is 0 Å². The second-order valence-corrected chi connectivity index (χ2v) is 5.11. The number of aliphatic imine (C=N–C) groups is 1. The fourth-order valence-corrected chi connectivity index (χ4v) is 2.12. The first-order valence-electron chi connectivity index (χ1n) is 7.40. The maximum atomic E-state index is 11.9. The van der Waals surface area contributed by atoms with Crippen LogP contribution in [0.3, 0.4) is 0 Å². The molecule has 6 N–H and O–H groups in total. The molecular weight excluding hydrogens is 298 g/mol. The van der Waals surface area contributed by atoms with E-state index in [9.17, 15) is 9.59 Å². The third-order valence-corrected chi connectivity index (χ3v) is 3.28. The Morgan fingerprint density at radius 3 is 2.96 bits per heavy atom. The van der Waals surface area contributed by atoms with Gasteiger partial charge in [-0.05, 0) is 18.9 Å². The number of aromatic nitrogens is 3. The smallest absolute Gasteiger partial charge is 0.350 e. The van der Waals surface area contributed by atoms with Crippen LogP contribution in [0.1, 0.15) is 19.0 Å². The summed E-state index contributed by atoms with van der Waals surface area (Å²) in [4.78, 5) is 34.6. The molecule has 0 spiro atoms. The SMILES string of the molecule is CCc1cc2cn(CC(=O)NCCCN=C(N)N)c(=O)nc2[nH]1. The molecule has 0 saturated heterocycles. The van der Waals surface area contributed by atoms with Crippen molar-refractivity contribution in [3.63, 3.8) is 0 Å². The number of fused-ring (bicyclic) bond motifs is 1. The third-order valence-electron chi connectivity index (χ3n) is 3.28. The van der Waals surface area contributed by atoms with Gasteiger partial charge < -0.3 is 21.8 Å². The van der Waals surface area contributed by atoms with E-state index in [1.165, 1.54) is 4.57 Å². The summed E-state index contributed by atoms with van der Waals surface area (Å²) in [6, 6.07) is 1.92. The molecular formula is C14H21N7O2. The maximum Gasteiger partial charge on any atom is 0.350 e.